The average Bonchev–Trinajstić information content (AvgIpc) is 2.66. The molecule has 0 unspecified atom stereocenters. The summed E-state index contributed by atoms with van der Waals surface area (Å²) in [5, 5.41) is 3.19. The Hall–Kier alpha value is -1.47. The number of halogens is 5. The van der Waals surface area contributed by atoms with E-state index >= 15 is 0 Å². The lowest BCUT2D eigenvalue weighted by Gasteiger charge is -2.35. The van der Waals surface area contributed by atoms with E-state index in [1.54, 1.807) is 24.3 Å². The van der Waals surface area contributed by atoms with E-state index in [2.05, 4.69) is 5.32 Å². The highest BCUT2D eigenvalue weighted by atomic mass is 35.5. The highest BCUT2D eigenvalue weighted by molar-refractivity contribution is 5.85. The van der Waals surface area contributed by atoms with E-state index in [9.17, 15) is 13.2 Å². The van der Waals surface area contributed by atoms with Crippen LogP contribution in [0.25, 0.3) is 0 Å². The van der Waals surface area contributed by atoms with E-state index in [1.807, 2.05) is 35.2 Å². The number of benzene rings is 2. The summed E-state index contributed by atoms with van der Waals surface area (Å²) in [6.07, 6.45) is -5.06. The molecule has 0 aliphatic carbocycles. The zero-order valence-electron chi connectivity index (χ0n) is 15.3. The monoisotopic (exact) mass is 436 g/mol. The van der Waals surface area contributed by atoms with E-state index in [-0.39, 0.29) is 24.8 Å². The molecule has 28 heavy (non-hydrogen) atoms. The number of rotatable bonds is 6. The van der Waals surface area contributed by atoms with Crippen molar-refractivity contribution in [2.75, 3.05) is 26.2 Å². The van der Waals surface area contributed by atoms with E-state index in [0.717, 1.165) is 5.56 Å². The van der Waals surface area contributed by atoms with Crippen LogP contribution in [-0.2, 0) is 6.61 Å². The van der Waals surface area contributed by atoms with Crippen molar-refractivity contribution >= 4 is 24.8 Å². The maximum Gasteiger partial charge on any atom is 0.390 e. The minimum Gasteiger partial charge on any atom is -0.489 e. The summed E-state index contributed by atoms with van der Waals surface area (Å²) >= 11 is 0. The molecule has 2 aromatic rings. The van der Waals surface area contributed by atoms with Crippen LogP contribution in [0.5, 0.6) is 5.75 Å². The Bertz CT molecular complexity index is 695. The van der Waals surface area contributed by atoms with Gasteiger partial charge in [0, 0.05) is 32.2 Å². The third-order valence-corrected chi connectivity index (χ3v) is 4.51. The SMILES string of the molecule is Cl.Cl.FC(F)(F)C[C@H](c1cccc(OCc2ccccc2)c1)N1CCNCC1. The molecular formula is C20H25Cl2F3N2O. The van der Waals surface area contributed by atoms with Gasteiger partial charge in [-0.25, -0.2) is 0 Å². The van der Waals surface area contributed by atoms with Crippen molar-refractivity contribution < 1.29 is 17.9 Å². The summed E-state index contributed by atoms with van der Waals surface area (Å²) < 4.78 is 45.2. The van der Waals surface area contributed by atoms with Gasteiger partial charge in [-0.1, -0.05) is 42.5 Å². The number of hydrogen-bond donors (Lipinski definition) is 1. The van der Waals surface area contributed by atoms with E-state index in [0.29, 0.717) is 44.1 Å². The van der Waals surface area contributed by atoms with Crippen LogP contribution in [-0.4, -0.2) is 37.3 Å². The zero-order valence-corrected chi connectivity index (χ0v) is 17.0. The third-order valence-electron chi connectivity index (χ3n) is 4.51. The second-order valence-electron chi connectivity index (χ2n) is 6.47. The van der Waals surface area contributed by atoms with Gasteiger partial charge in [-0.15, -0.1) is 24.8 Å². The van der Waals surface area contributed by atoms with Crippen molar-refractivity contribution in [3.05, 3.63) is 65.7 Å². The molecule has 1 fully saturated rings. The first-order valence-electron chi connectivity index (χ1n) is 8.79. The molecule has 0 bridgehead atoms. The molecule has 1 heterocycles. The van der Waals surface area contributed by atoms with Crippen LogP contribution in [0.3, 0.4) is 0 Å². The van der Waals surface area contributed by atoms with Gasteiger partial charge in [-0.05, 0) is 23.3 Å². The minimum atomic E-state index is -4.21. The summed E-state index contributed by atoms with van der Waals surface area (Å²) in [7, 11) is 0. The molecule has 8 heteroatoms. The van der Waals surface area contributed by atoms with Gasteiger partial charge in [-0.2, -0.15) is 13.2 Å². The topological polar surface area (TPSA) is 24.5 Å². The molecule has 1 saturated heterocycles. The summed E-state index contributed by atoms with van der Waals surface area (Å²) in [5.41, 5.74) is 1.67. The van der Waals surface area contributed by atoms with Crippen LogP contribution >= 0.6 is 24.8 Å². The van der Waals surface area contributed by atoms with Gasteiger partial charge in [0.1, 0.15) is 12.4 Å². The largest absolute Gasteiger partial charge is 0.489 e. The molecule has 0 saturated carbocycles. The van der Waals surface area contributed by atoms with Gasteiger partial charge < -0.3 is 10.1 Å². The number of piperazine rings is 1. The maximum absolute atomic E-state index is 13.1. The van der Waals surface area contributed by atoms with Gasteiger partial charge >= 0.3 is 6.18 Å². The van der Waals surface area contributed by atoms with E-state index in [4.69, 9.17) is 4.74 Å². The molecule has 156 valence electrons. The molecule has 3 rings (SSSR count). The Kier molecular flexibility index (Phi) is 10.1. The van der Waals surface area contributed by atoms with Crippen LogP contribution in [0.15, 0.2) is 54.6 Å². The second-order valence-corrected chi connectivity index (χ2v) is 6.47. The fourth-order valence-corrected chi connectivity index (χ4v) is 3.22. The van der Waals surface area contributed by atoms with Crippen molar-refractivity contribution in [2.24, 2.45) is 0 Å². The molecule has 2 aromatic carbocycles. The van der Waals surface area contributed by atoms with Crippen molar-refractivity contribution in [1.29, 1.82) is 0 Å². The number of hydrogen-bond acceptors (Lipinski definition) is 3. The molecule has 1 N–H and O–H groups in total. The standard InChI is InChI=1S/C20H23F3N2O.2ClH/c21-20(22,23)14-19(25-11-9-24-10-12-25)17-7-4-8-18(13-17)26-15-16-5-2-1-3-6-16;;/h1-8,13,19,24H,9-12,14-15H2;2*1H/t19-;;/m1../s1. The van der Waals surface area contributed by atoms with E-state index < -0.39 is 18.6 Å². The number of ether oxygens (including phenoxy) is 1. The van der Waals surface area contributed by atoms with Crippen LogP contribution in [0.2, 0.25) is 0 Å². The van der Waals surface area contributed by atoms with Gasteiger partial charge in [-0.3, -0.25) is 4.90 Å². The summed E-state index contributed by atoms with van der Waals surface area (Å²) in [4.78, 5) is 1.90. The molecule has 1 atom stereocenters. The summed E-state index contributed by atoms with van der Waals surface area (Å²) in [6, 6.07) is 16.1. The first kappa shape index (κ1) is 24.6. The summed E-state index contributed by atoms with van der Waals surface area (Å²) in [6.45, 7) is 3.02. The average molecular weight is 437 g/mol. The number of nitrogens with zero attached hydrogens (tertiary/aromatic N) is 1. The van der Waals surface area contributed by atoms with Crippen molar-refractivity contribution in [3.8, 4) is 5.75 Å². The lowest BCUT2D eigenvalue weighted by Crippen LogP contribution is -2.46. The van der Waals surface area contributed by atoms with Gasteiger partial charge in [0.25, 0.3) is 0 Å². The Balaban J connectivity index is 0.00000196. The maximum atomic E-state index is 13.1. The number of alkyl halides is 3. The normalized spacial score (nSPS) is 15.8. The number of nitrogens with one attached hydrogen (secondary N) is 1. The molecule has 0 spiro atoms. The fourth-order valence-electron chi connectivity index (χ4n) is 3.22. The molecule has 1 aliphatic heterocycles. The molecule has 1 aliphatic rings. The first-order chi connectivity index (χ1) is 12.5. The molecule has 0 amide bonds. The second kappa shape index (κ2) is 11.5. The predicted molar refractivity (Wildman–Crippen MR) is 110 cm³/mol. The fraction of sp³-hybridized carbons (Fsp3) is 0.400. The van der Waals surface area contributed by atoms with Crippen molar-refractivity contribution in [2.45, 2.75) is 25.2 Å². The van der Waals surface area contributed by atoms with Crippen molar-refractivity contribution in [3.63, 3.8) is 0 Å². The minimum absolute atomic E-state index is 0. The van der Waals surface area contributed by atoms with Crippen LogP contribution in [0.4, 0.5) is 13.2 Å². The first-order valence-corrected chi connectivity index (χ1v) is 8.79. The van der Waals surface area contributed by atoms with Crippen LogP contribution in [0.1, 0.15) is 23.6 Å². The van der Waals surface area contributed by atoms with Gasteiger partial charge in [0.05, 0.1) is 6.42 Å². The van der Waals surface area contributed by atoms with Crippen molar-refractivity contribution in [1.82, 2.24) is 10.2 Å². The quantitative estimate of drug-likeness (QED) is 0.688. The van der Waals surface area contributed by atoms with Gasteiger partial charge in [0.2, 0.25) is 0 Å². The van der Waals surface area contributed by atoms with E-state index in [1.165, 1.54) is 0 Å². The molecule has 0 aromatic heterocycles. The Morgan fingerprint density at radius 2 is 1.64 bits per heavy atom. The molecule has 3 nitrogen and oxygen atoms in total. The lowest BCUT2D eigenvalue weighted by molar-refractivity contribution is -0.148. The highest BCUT2D eigenvalue weighted by Gasteiger charge is 2.36. The Morgan fingerprint density at radius 1 is 0.964 bits per heavy atom. The molecule has 0 radical (unpaired) electrons. The third kappa shape index (κ3) is 7.51. The zero-order chi connectivity index (χ0) is 18.4. The smallest absolute Gasteiger partial charge is 0.390 e. The van der Waals surface area contributed by atoms with Gasteiger partial charge in [0.15, 0.2) is 0 Å². The molecular weight excluding hydrogens is 412 g/mol. The lowest BCUT2D eigenvalue weighted by atomic mass is 10.0. The predicted octanol–water partition coefficient (Wildman–Crippen LogP) is 5.01. The Morgan fingerprint density at radius 3 is 2.29 bits per heavy atom. The highest BCUT2D eigenvalue weighted by Crippen LogP contribution is 2.35. The Labute approximate surface area is 176 Å². The van der Waals surface area contributed by atoms with Crippen LogP contribution < -0.4 is 10.1 Å². The van der Waals surface area contributed by atoms with Crippen LogP contribution in [0, 0.1) is 0 Å². The summed E-state index contributed by atoms with van der Waals surface area (Å²) in [5.74, 6) is 0.591.